The Morgan fingerprint density at radius 1 is 1.17 bits per heavy atom. The number of hydrogen-bond donors (Lipinski definition) is 3. The van der Waals surface area contributed by atoms with Crippen molar-refractivity contribution in [2.75, 3.05) is 7.05 Å². The third-order valence-electron chi connectivity index (χ3n) is 4.73. The molecular weight excluding hydrogens is 392 g/mol. The molecule has 0 aliphatic heterocycles. The molecule has 154 valence electrons. The summed E-state index contributed by atoms with van der Waals surface area (Å²) >= 11 is 0. The SMILES string of the molecule is CNS(=O)(=O)Cc1ccc(CNC(=O)c2cc(-c3c(C)nn(C)c3C)n[nH]2)cc1. The Labute approximate surface area is 169 Å². The van der Waals surface area contributed by atoms with Crippen LogP contribution in [0.1, 0.15) is 33.0 Å². The van der Waals surface area contributed by atoms with E-state index in [1.54, 1.807) is 35.0 Å². The minimum Gasteiger partial charge on any atom is -0.347 e. The molecule has 1 amide bonds. The topological polar surface area (TPSA) is 122 Å². The highest BCUT2D eigenvalue weighted by atomic mass is 32.2. The normalized spacial score (nSPS) is 11.6. The van der Waals surface area contributed by atoms with Crippen molar-refractivity contribution in [2.45, 2.75) is 26.1 Å². The number of rotatable bonds is 7. The molecule has 0 saturated carbocycles. The molecule has 0 unspecified atom stereocenters. The number of sulfonamides is 1. The lowest BCUT2D eigenvalue weighted by atomic mass is 10.1. The summed E-state index contributed by atoms with van der Waals surface area (Å²) in [7, 11) is -0.0567. The molecular formula is C19H24N6O3S. The van der Waals surface area contributed by atoms with E-state index in [9.17, 15) is 13.2 Å². The number of H-pyrrole nitrogens is 1. The Morgan fingerprint density at radius 3 is 2.41 bits per heavy atom. The lowest BCUT2D eigenvalue weighted by Crippen LogP contribution is -2.23. The average molecular weight is 417 g/mol. The average Bonchev–Trinajstić information content (AvgIpc) is 3.25. The fourth-order valence-corrected chi connectivity index (χ4v) is 3.81. The Hall–Kier alpha value is -2.98. The number of amides is 1. The first kappa shape index (κ1) is 20.7. The van der Waals surface area contributed by atoms with Gasteiger partial charge in [0, 0.05) is 24.8 Å². The standard InChI is InChI=1S/C19H24N6O3S/c1-12-18(13(2)25(4)24-12)16-9-17(23-22-16)19(26)21-10-14-5-7-15(8-6-14)11-29(27,28)20-3/h5-9,20H,10-11H2,1-4H3,(H,21,26)(H,22,23). The molecule has 0 bridgehead atoms. The minimum absolute atomic E-state index is 0.0831. The number of carbonyl (C=O) groups is 1. The molecule has 2 heterocycles. The van der Waals surface area contributed by atoms with Crippen LogP contribution in [0.25, 0.3) is 11.3 Å². The number of hydrogen-bond acceptors (Lipinski definition) is 5. The lowest BCUT2D eigenvalue weighted by Gasteiger charge is -2.06. The van der Waals surface area contributed by atoms with Crippen molar-refractivity contribution in [3.05, 3.63) is 58.5 Å². The molecule has 29 heavy (non-hydrogen) atoms. The van der Waals surface area contributed by atoms with Gasteiger partial charge in [0.1, 0.15) is 5.69 Å². The summed E-state index contributed by atoms with van der Waals surface area (Å²) in [5.74, 6) is -0.356. The number of aryl methyl sites for hydroxylation is 2. The first-order chi connectivity index (χ1) is 13.7. The number of benzene rings is 1. The van der Waals surface area contributed by atoms with Gasteiger partial charge in [-0.3, -0.25) is 14.6 Å². The van der Waals surface area contributed by atoms with E-state index in [2.05, 4.69) is 25.3 Å². The summed E-state index contributed by atoms with van der Waals surface area (Å²) in [6, 6.07) is 8.76. The first-order valence-corrected chi connectivity index (χ1v) is 10.7. The molecule has 0 aliphatic rings. The molecule has 9 nitrogen and oxygen atoms in total. The van der Waals surface area contributed by atoms with Gasteiger partial charge in [0.15, 0.2) is 0 Å². The van der Waals surface area contributed by atoms with Crippen molar-refractivity contribution < 1.29 is 13.2 Å². The number of nitrogens with one attached hydrogen (secondary N) is 3. The third kappa shape index (κ3) is 4.72. The molecule has 0 fully saturated rings. The van der Waals surface area contributed by atoms with E-state index in [0.717, 1.165) is 22.5 Å². The van der Waals surface area contributed by atoms with Crippen molar-refractivity contribution in [1.82, 2.24) is 30.0 Å². The maximum atomic E-state index is 12.4. The maximum Gasteiger partial charge on any atom is 0.269 e. The predicted molar refractivity (Wildman–Crippen MR) is 110 cm³/mol. The van der Waals surface area contributed by atoms with Crippen molar-refractivity contribution in [3.8, 4) is 11.3 Å². The van der Waals surface area contributed by atoms with Crippen LogP contribution in [-0.2, 0) is 29.4 Å². The van der Waals surface area contributed by atoms with E-state index in [1.165, 1.54) is 7.05 Å². The Bertz CT molecular complexity index is 1130. The first-order valence-electron chi connectivity index (χ1n) is 9.03. The van der Waals surface area contributed by atoms with E-state index < -0.39 is 10.0 Å². The van der Waals surface area contributed by atoms with Gasteiger partial charge in [-0.1, -0.05) is 24.3 Å². The molecule has 0 radical (unpaired) electrons. The van der Waals surface area contributed by atoms with E-state index >= 15 is 0 Å². The number of aromatic amines is 1. The van der Waals surface area contributed by atoms with Crippen molar-refractivity contribution >= 4 is 15.9 Å². The molecule has 3 rings (SSSR count). The summed E-state index contributed by atoms with van der Waals surface area (Å²) in [6.07, 6.45) is 0. The van der Waals surface area contributed by atoms with Gasteiger partial charge in [-0.05, 0) is 38.1 Å². The number of carbonyl (C=O) groups excluding carboxylic acids is 1. The molecule has 2 aromatic heterocycles. The van der Waals surface area contributed by atoms with Crippen LogP contribution in [-0.4, -0.2) is 41.4 Å². The van der Waals surface area contributed by atoms with Gasteiger partial charge in [0.05, 0.1) is 17.1 Å². The van der Waals surface area contributed by atoms with E-state index in [0.29, 0.717) is 23.5 Å². The summed E-state index contributed by atoms with van der Waals surface area (Å²) in [6.45, 7) is 4.18. The van der Waals surface area contributed by atoms with Crippen LogP contribution >= 0.6 is 0 Å². The molecule has 0 spiro atoms. The van der Waals surface area contributed by atoms with E-state index in [-0.39, 0.29) is 11.7 Å². The van der Waals surface area contributed by atoms with Crippen LogP contribution in [0.2, 0.25) is 0 Å². The zero-order valence-electron chi connectivity index (χ0n) is 16.8. The van der Waals surface area contributed by atoms with Gasteiger partial charge in [-0.25, -0.2) is 13.1 Å². The second-order valence-corrected chi connectivity index (χ2v) is 8.73. The highest BCUT2D eigenvalue weighted by molar-refractivity contribution is 7.88. The van der Waals surface area contributed by atoms with E-state index in [4.69, 9.17) is 0 Å². The molecule has 1 aromatic carbocycles. The van der Waals surface area contributed by atoms with Gasteiger partial charge in [0.2, 0.25) is 10.0 Å². The lowest BCUT2D eigenvalue weighted by molar-refractivity contribution is 0.0946. The maximum absolute atomic E-state index is 12.4. The van der Waals surface area contributed by atoms with Crippen LogP contribution in [0.4, 0.5) is 0 Å². The van der Waals surface area contributed by atoms with Crippen LogP contribution in [0.3, 0.4) is 0 Å². The predicted octanol–water partition coefficient (Wildman–Crippen LogP) is 1.41. The minimum atomic E-state index is -3.31. The van der Waals surface area contributed by atoms with Crippen LogP contribution in [0.5, 0.6) is 0 Å². The van der Waals surface area contributed by atoms with Gasteiger partial charge < -0.3 is 5.32 Å². The Kier molecular flexibility index (Phi) is 5.85. The summed E-state index contributed by atoms with van der Waals surface area (Å²) in [5.41, 5.74) is 5.31. The Morgan fingerprint density at radius 2 is 1.83 bits per heavy atom. The summed E-state index contributed by atoms with van der Waals surface area (Å²) in [5, 5.41) is 14.2. The quantitative estimate of drug-likeness (QED) is 0.538. The van der Waals surface area contributed by atoms with Gasteiger partial charge in [-0.2, -0.15) is 10.2 Å². The number of nitrogens with zero attached hydrogens (tertiary/aromatic N) is 3. The molecule has 0 atom stereocenters. The van der Waals surface area contributed by atoms with Crippen molar-refractivity contribution in [1.29, 1.82) is 0 Å². The zero-order chi connectivity index (χ0) is 21.2. The highest BCUT2D eigenvalue weighted by Gasteiger charge is 2.17. The van der Waals surface area contributed by atoms with Crippen LogP contribution in [0, 0.1) is 13.8 Å². The second kappa shape index (κ2) is 8.18. The monoisotopic (exact) mass is 416 g/mol. The van der Waals surface area contributed by atoms with Crippen LogP contribution in [0.15, 0.2) is 30.3 Å². The van der Waals surface area contributed by atoms with Gasteiger partial charge in [-0.15, -0.1) is 0 Å². The largest absolute Gasteiger partial charge is 0.347 e. The molecule has 0 aliphatic carbocycles. The number of aromatic nitrogens is 4. The zero-order valence-corrected chi connectivity index (χ0v) is 17.6. The highest BCUT2D eigenvalue weighted by Crippen LogP contribution is 2.25. The van der Waals surface area contributed by atoms with Crippen molar-refractivity contribution in [2.24, 2.45) is 7.05 Å². The molecule has 3 N–H and O–H groups in total. The summed E-state index contributed by atoms with van der Waals surface area (Å²) in [4.78, 5) is 12.4. The van der Waals surface area contributed by atoms with Crippen LogP contribution < -0.4 is 10.0 Å². The molecule has 3 aromatic rings. The molecule has 0 saturated heterocycles. The fourth-order valence-electron chi connectivity index (χ4n) is 3.03. The van der Waals surface area contributed by atoms with Crippen molar-refractivity contribution in [3.63, 3.8) is 0 Å². The van der Waals surface area contributed by atoms with Gasteiger partial charge >= 0.3 is 0 Å². The smallest absolute Gasteiger partial charge is 0.269 e. The summed E-state index contributed by atoms with van der Waals surface area (Å²) < 4.78 is 27.2. The molecule has 10 heteroatoms. The second-order valence-electron chi connectivity index (χ2n) is 6.80. The fraction of sp³-hybridized carbons (Fsp3) is 0.316. The Balaban J connectivity index is 1.64. The van der Waals surface area contributed by atoms with E-state index in [1.807, 2.05) is 20.9 Å². The third-order valence-corrected chi connectivity index (χ3v) is 6.07. The van der Waals surface area contributed by atoms with Gasteiger partial charge in [0.25, 0.3) is 5.91 Å².